The summed E-state index contributed by atoms with van der Waals surface area (Å²) in [6.07, 6.45) is 3.54. The van der Waals surface area contributed by atoms with Crippen LogP contribution in [0.15, 0.2) is 24.3 Å². The Bertz CT molecular complexity index is 484. The van der Waals surface area contributed by atoms with E-state index in [0.717, 1.165) is 25.7 Å². The molecule has 0 radical (unpaired) electrons. The first kappa shape index (κ1) is 16.0. The minimum atomic E-state index is -2.94. The maximum absolute atomic E-state index is 12.6. The molecule has 0 N–H and O–H groups in total. The Morgan fingerprint density at radius 2 is 2.19 bits per heavy atom. The van der Waals surface area contributed by atoms with Crippen molar-refractivity contribution in [3.05, 3.63) is 29.8 Å². The number of hydrogen-bond acceptors (Lipinski definition) is 2. The lowest BCUT2D eigenvalue weighted by Crippen LogP contribution is -2.35. The second kappa shape index (κ2) is 7.59. The highest BCUT2D eigenvalue weighted by Crippen LogP contribution is 2.28. The molecule has 1 unspecified atom stereocenters. The Morgan fingerprint density at radius 3 is 2.90 bits per heavy atom. The zero-order valence-corrected chi connectivity index (χ0v) is 12.4. The molecule has 0 aromatic heterocycles. The van der Waals surface area contributed by atoms with E-state index >= 15 is 0 Å². The highest BCUT2D eigenvalue weighted by molar-refractivity contribution is 6.17. The van der Waals surface area contributed by atoms with Crippen molar-refractivity contribution in [2.24, 2.45) is 0 Å². The monoisotopic (exact) mass is 317 g/mol. The van der Waals surface area contributed by atoms with Crippen molar-refractivity contribution in [3.63, 3.8) is 0 Å². The lowest BCUT2D eigenvalue weighted by Gasteiger charge is -2.25. The number of ether oxygens (including phenoxy) is 1. The van der Waals surface area contributed by atoms with Crippen molar-refractivity contribution in [1.29, 1.82) is 0 Å². The van der Waals surface area contributed by atoms with Crippen LogP contribution >= 0.6 is 11.6 Å². The van der Waals surface area contributed by atoms with Crippen LogP contribution in [0.3, 0.4) is 0 Å². The average molecular weight is 318 g/mol. The number of halogens is 3. The van der Waals surface area contributed by atoms with Gasteiger partial charge in [0.2, 0.25) is 0 Å². The molecular formula is C15H18ClF2NO2. The van der Waals surface area contributed by atoms with E-state index in [-0.39, 0.29) is 23.3 Å². The fraction of sp³-hybridized carbons (Fsp3) is 0.533. The van der Waals surface area contributed by atoms with Crippen molar-refractivity contribution in [3.8, 4) is 5.75 Å². The summed E-state index contributed by atoms with van der Waals surface area (Å²) in [6, 6.07) is 6.27. The van der Waals surface area contributed by atoms with Crippen LogP contribution < -0.4 is 4.74 Å². The lowest BCUT2D eigenvalue weighted by atomic mass is 10.1. The van der Waals surface area contributed by atoms with Gasteiger partial charge in [-0.2, -0.15) is 8.78 Å². The Hall–Kier alpha value is -1.36. The average Bonchev–Trinajstić information content (AvgIpc) is 2.92. The third kappa shape index (κ3) is 4.06. The molecule has 1 aliphatic heterocycles. The summed E-state index contributed by atoms with van der Waals surface area (Å²) in [4.78, 5) is 14.3. The van der Waals surface area contributed by atoms with Gasteiger partial charge in [0, 0.05) is 18.5 Å². The fourth-order valence-corrected chi connectivity index (χ4v) is 2.87. The third-order valence-corrected chi connectivity index (χ3v) is 3.91. The number of nitrogens with zero attached hydrogens (tertiary/aromatic N) is 1. The second-order valence-corrected chi connectivity index (χ2v) is 5.38. The van der Waals surface area contributed by atoms with Crippen LogP contribution in [0, 0.1) is 0 Å². The van der Waals surface area contributed by atoms with Gasteiger partial charge in [0.05, 0.1) is 5.56 Å². The van der Waals surface area contributed by atoms with Gasteiger partial charge >= 0.3 is 6.61 Å². The fourth-order valence-electron chi connectivity index (χ4n) is 2.71. The van der Waals surface area contributed by atoms with Gasteiger partial charge in [-0.1, -0.05) is 12.1 Å². The van der Waals surface area contributed by atoms with E-state index in [1.807, 2.05) is 0 Å². The number of alkyl halides is 3. The number of para-hydroxylation sites is 1. The summed E-state index contributed by atoms with van der Waals surface area (Å²) in [5, 5.41) is 0. The normalized spacial score (nSPS) is 18.3. The van der Waals surface area contributed by atoms with Crippen LogP contribution in [0.25, 0.3) is 0 Å². The van der Waals surface area contributed by atoms with E-state index in [9.17, 15) is 13.6 Å². The van der Waals surface area contributed by atoms with Crippen molar-refractivity contribution < 1.29 is 18.3 Å². The molecule has 1 atom stereocenters. The molecule has 6 heteroatoms. The smallest absolute Gasteiger partial charge is 0.387 e. The molecule has 1 amide bonds. The first-order valence-corrected chi connectivity index (χ1v) is 7.57. The van der Waals surface area contributed by atoms with Crippen molar-refractivity contribution in [1.82, 2.24) is 4.90 Å². The van der Waals surface area contributed by atoms with Crippen LogP contribution in [0.4, 0.5) is 8.78 Å². The Balaban J connectivity index is 2.15. The zero-order chi connectivity index (χ0) is 15.2. The quantitative estimate of drug-likeness (QED) is 0.744. The van der Waals surface area contributed by atoms with Gasteiger partial charge in [0.25, 0.3) is 5.91 Å². The summed E-state index contributed by atoms with van der Waals surface area (Å²) < 4.78 is 29.3. The summed E-state index contributed by atoms with van der Waals surface area (Å²) in [5.74, 6) is 0.243. The van der Waals surface area contributed by atoms with E-state index in [1.165, 1.54) is 12.1 Å². The van der Waals surface area contributed by atoms with Crippen LogP contribution in [-0.2, 0) is 0 Å². The first-order valence-electron chi connectivity index (χ1n) is 7.04. The molecule has 1 aromatic carbocycles. The Morgan fingerprint density at radius 1 is 1.43 bits per heavy atom. The molecule has 1 aliphatic rings. The predicted octanol–water partition coefficient (Wildman–Crippen LogP) is 3.91. The highest BCUT2D eigenvalue weighted by atomic mass is 35.5. The number of rotatable bonds is 6. The number of carbonyl (C=O) groups excluding carboxylic acids is 1. The summed E-state index contributed by atoms with van der Waals surface area (Å²) >= 11 is 5.70. The minimum absolute atomic E-state index is 0.0690. The van der Waals surface area contributed by atoms with E-state index < -0.39 is 6.61 Å². The third-order valence-electron chi connectivity index (χ3n) is 3.64. The molecular weight excluding hydrogens is 300 g/mol. The molecule has 0 bridgehead atoms. The summed E-state index contributed by atoms with van der Waals surface area (Å²) in [6.45, 7) is -2.29. The molecule has 3 nitrogen and oxygen atoms in total. The molecule has 1 heterocycles. The van der Waals surface area contributed by atoms with Gasteiger partial charge in [0.15, 0.2) is 0 Å². The maximum Gasteiger partial charge on any atom is 0.387 e. The number of likely N-dealkylation sites (tertiary alicyclic amines) is 1. The molecule has 1 fully saturated rings. The molecule has 1 saturated heterocycles. The number of carbonyl (C=O) groups is 1. The Kier molecular flexibility index (Phi) is 5.79. The standard InChI is InChI=1S/C15H18ClF2NO2/c16-9-3-5-11-6-4-10-19(11)14(20)12-7-1-2-8-13(12)21-15(17)18/h1-2,7-8,11,15H,3-6,9-10H2. The van der Waals surface area contributed by atoms with Crippen LogP contribution in [0.1, 0.15) is 36.0 Å². The molecule has 21 heavy (non-hydrogen) atoms. The van der Waals surface area contributed by atoms with Crippen molar-refractivity contribution in [2.75, 3.05) is 12.4 Å². The van der Waals surface area contributed by atoms with Gasteiger partial charge in [-0.25, -0.2) is 0 Å². The number of amides is 1. The lowest BCUT2D eigenvalue weighted by molar-refractivity contribution is -0.0502. The SMILES string of the molecule is O=C(c1ccccc1OC(F)F)N1CCCC1CCCCl. The topological polar surface area (TPSA) is 29.5 Å². The summed E-state index contributed by atoms with van der Waals surface area (Å²) in [5.41, 5.74) is 0.190. The van der Waals surface area contributed by atoms with Gasteiger partial charge in [-0.3, -0.25) is 4.79 Å². The predicted molar refractivity (Wildman–Crippen MR) is 77.1 cm³/mol. The zero-order valence-electron chi connectivity index (χ0n) is 11.6. The van der Waals surface area contributed by atoms with E-state index in [2.05, 4.69) is 4.74 Å². The summed E-state index contributed by atoms with van der Waals surface area (Å²) in [7, 11) is 0. The second-order valence-electron chi connectivity index (χ2n) is 5.00. The van der Waals surface area contributed by atoms with Gasteiger partial charge < -0.3 is 9.64 Å². The van der Waals surface area contributed by atoms with Gasteiger partial charge in [-0.15, -0.1) is 11.6 Å². The molecule has 0 saturated carbocycles. The molecule has 0 spiro atoms. The number of hydrogen-bond donors (Lipinski definition) is 0. The van der Waals surface area contributed by atoms with Crippen molar-refractivity contribution >= 4 is 17.5 Å². The minimum Gasteiger partial charge on any atom is -0.434 e. The van der Waals surface area contributed by atoms with Gasteiger partial charge in [-0.05, 0) is 37.8 Å². The highest BCUT2D eigenvalue weighted by Gasteiger charge is 2.30. The Labute approximate surface area is 127 Å². The first-order chi connectivity index (χ1) is 10.1. The van der Waals surface area contributed by atoms with Crippen molar-refractivity contribution in [2.45, 2.75) is 38.3 Å². The van der Waals surface area contributed by atoms with Crippen LogP contribution in [0.5, 0.6) is 5.75 Å². The van der Waals surface area contributed by atoms with E-state index in [0.29, 0.717) is 12.4 Å². The van der Waals surface area contributed by atoms with E-state index in [4.69, 9.17) is 11.6 Å². The molecule has 116 valence electrons. The maximum atomic E-state index is 12.6. The molecule has 0 aliphatic carbocycles. The molecule has 1 aromatic rings. The number of benzene rings is 1. The van der Waals surface area contributed by atoms with Crippen LogP contribution in [-0.4, -0.2) is 35.9 Å². The van der Waals surface area contributed by atoms with Crippen LogP contribution in [0.2, 0.25) is 0 Å². The van der Waals surface area contributed by atoms with E-state index in [1.54, 1.807) is 17.0 Å². The van der Waals surface area contributed by atoms with Gasteiger partial charge in [0.1, 0.15) is 5.75 Å². The largest absolute Gasteiger partial charge is 0.434 e. The molecule has 2 rings (SSSR count).